The van der Waals surface area contributed by atoms with Crippen LogP contribution in [0.3, 0.4) is 0 Å². The molecular weight excluding hydrogens is 400 g/mol. The number of rotatable bonds is 5. The van der Waals surface area contributed by atoms with Crippen LogP contribution in [0.15, 0.2) is 78.9 Å². The number of amides is 2. The largest absolute Gasteiger partial charge is 0.496 e. The van der Waals surface area contributed by atoms with Crippen LogP contribution in [0.1, 0.15) is 15.9 Å². The Hall–Kier alpha value is -3.60. The highest BCUT2D eigenvalue weighted by Crippen LogP contribution is 2.28. The molecule has 1 saturated heterocycles. The number of carbonyl (C=O) groups excluding carboxylic acids is 2. The maximum Gasteiger partial charge on any atom is 0.257 e. The van der Waals surface area contributed by atoms with Crippen LogP contribution in [-0.2, 0) is 11.2 Å². The molecule has 0 saturated carbocycles. The van der Waals surface area contributed by atoms with Crippen molar-refractivity contribution in [1.29, 1.82) is 0 Å². The lowest BCUT2D eigenvalue weighted by molar-refractivity contribution is -0.133. The lowest BCUT2D eigenvalue weighted by Crippen LogP contribution is -2.37. The first-order chi connectivity index (χ1) is 15.6. The second-order valence-corrected chi connectivity index (χ2v) is 8.14. The Bertz CT molecular complexity index is 1100. The Morgan fingerprint density at radius 3 is 2.41 bits per heavy atom. The van der Waals surface area contributed by atoms with Crippen LogP contribution in [0.2, 0.25) is 0 Å². The zero-order valence-corrected chi connectivity index (χ0v) is 18.5. The molecule has 1 fully saturated rings. The third-order valence-corrected chi connectivity index (χ3v) is 6.06. The van der Waals surface area contributed by atoms with Gasteiger partial charge in [-0.15, -0.1) is 0 Å². The van der Waals surface area contributed by atoms with Crippen LogP contribution in [0.5, 0.6) is 5.75 Å². The highest BCUT2D eigenvalue weighted by molar-refractivity contribution is 5.97. The quantitative estimate of drug-likeness (QED) is 0.614. The maximum absolute atomic E-state index is 13.3. The fraction of sp³-hybridized carbons (Fsp3) is 0.259. The number of methoxy groups -OCH3 is 1. The highest BCUT2D eigenvalue weighted by Gasteiger charge is 2.32. The molecular formula is C27H28N2O3. The average Bonchev–Trinajstić information content (AvgIpc) is 2.98. The Labute approximate surface area is 189 Å². The first-order valence-corrected chi connectivity index (χ1v) is 10.9. The third kappa shape index (κ3) is 4.52. The third-order valence-electron chi connectivity index (χ3n) is 6.06. The standard InChI is InChI=1S/C27H28N2O3/c1-28-16-17-29(27(31)24-14-8-9-15-25(24)32-2)19-22(26(28)30)18-21-12-6-7-13-23(21)20-10-4-3-5-11-20/h3-15,22H,16-19H2,1-2H3. The van der Waals surface area contributed by atoms with E-state index in [1.165, 1.54) is 0 Å². The summed E-state index contributed by atoms with van der Waals surface area (Å²) in [4.78, 5) is 30.1. The summed E-state index contributed by atoms with van der Waals surface area (Å²) in [6, 6.07) is 25.6. The fourth-order valence-electron chi connectivity index (χ4n) is 4.32. The second kappa shape index (κ2) is 9.69. The van der Waals surface area contributed by atoms with Crippen LogP contribution in [0.25, 0.3) is 11.1 Å². The van der Waals surface area contributed by atoms with Crippen molar-refractivity contribution in [2.75, 3.05) is 33.8 Å². The number of hydrogen-bond acceptors (Lipinski definition) is 3. The lowest BCUT2D eigenvalue weighted by Gasteiger charge is -2.24. The van der Waals surface area contributed by atoms with Crippen molar-refractivity contribution in [3.8, 4) is 16.9 Å². The van der Waals surface area contributed by atoms with E-state index in [4.69, 9.17) is 4.74 Å². The molecule has 0 radical (unpaired) electrons. The van der Waals surface area contributed by atoms with Crippen molar-refractivity contribution in [3.63, 3.8) is 0 Å². The molecule has 3 aromatic carbocycles. The number of nitrogens with zero attached hydrogens (tertiary/aromatic N) is 2. The second-order valence-electron chi connectivity index (χ2n) is 8.14. The first-order valence-electron chi connectivity index (χ1n) is 10.9. The van der Waals surface area contributed by atoms with Crippen LogP contribution < -0.4 is 4.74 Å². The molecule has 1 atom stereocenters. The van der Waals surface area contributed by atoms with Crippen molar-refractivity contribution in [3.05, 3.63) is 90.0 Å². The number of hydrogen-bond donors (Lipinski definition) is 0. The van der Waals surface area contributed by atoms with Gasteiger partial charge in [0.2, 0.25) is 5.91 Å². The summed E-state index contributed by atoms with van der Waals surface area (Å²) in [5.41, 5.74) is 3.88. The summed E-state index contributed by atoms with van der Waals surface area (Å²) >= 11 is 0. The van der Waals surface area contributed by atoms with Gasteiger partial charge in [0, 0.05) is 26.7 Å². The van der Waals surface area contributed by atoms with E-state index in [2.05, 4.69) is 24.3 Å². The molecule has 1 heterocycles. The van der Waals surface area contributed by atoms with E-state index >= 15 is 0 Å². The molecule has 0 aliphatic carbocycles. The minimum Gasteiger partial charge on any atom is -0.496 e. The molecule has 4 rings (SSSR count). The molecule has 1 aliphatic rings. The summed E-state index contributed by atoms with van der Waals surface area (Å²) in [5, 5.41) is 0. The fourth-order valence-corrected chi connectivity index (χ4v) is 4.32. The van der Waals surface area contributed by atoms with Crippen molar-refractivity contribution in [1.82, 2.24) is 9.80 Å². The van der Waals surface area contributed by atoms with Gasteiger partial charge in [-0.2, -0.15) is 0 Å². The number of carbonyl (C=O) groups is 2. The zero-order valence-electron chi connectivity index (χ0n) is 18.5. The lowest BCUT2D eigenvalue weighted by atomic mass is 9.91. The van der Waals surface area contributed by atoms with E-state index in [0.717, 1.165) is 16.7 Å². The molecule has 0 aromatic heterocycles. The molecule has 0 bridgehead atoms. The molecule has 5 heteroatoms. The van der Waals surface area contributed by atoms with Crippen molar-refractivity contribution >= 4 is 11.8 Å². The number of para-hydroxylation sites is 1. The van der Waals surface area contributed by atoms with Gasteiger partial charge in [-0.1, -0.05) is 66.7 Å². The normalized spacial score (nSPS) is 16.6. The van der Waals surface area contributed by atoms with Gasteiger partial charge in [0.25, 0.3) is 5.91 Å². The molecule has 164 valence electrons. The summed E-state index contributed by atoms with van der Waals surface area (Å²) in [6.45, 7) is 1.38. The topological polar surface area (TPSA) is 49.9 Å². The molecule has 5 nitrogen and oxygen atoms in total. The molecule has 1 aliphatic heterocycles. The Balaban J connectivity index is 1.62. The monoisotopic (exact) mass is 428 g/mol. The van der Waals surface area contributed by atoms with Crippen LogP contribution in [0, 0.1) is 5.92 Å². The van der Waals surface area contributed by atoms with E-state index in [1.54, 1.807) is 29.0 Å². The summed E-state index contributed by atoms with van der Waals surface area (Å²) in [6.07, 6.45) is 0.573. The van der Waals surface area contributed by atoms with Crippen LogP contribution >= 0.6 is 0 Å². The molecule has 1 unspecified atom stereocenters. The van der Waals surface area contributed by atoms with E-state index in [9.17, 15) is 9.59 Å². The molecule has 3 aromatic rings. The van der Waals surface area contributed by atoms with Gasteiger partial charge in [-0.3, -0.25) is 9.59 Å². The first kappa shape index (κ1) is 21.6. The van der Waals surface area contributed by atoms with Gasteiger partial charge in [-0.05, 0) is 35.2 Å². The molecule has 32 heavy (non-hydrogen) atoms. The minimum absolute atomic E-state index is 0.0724. The van der Waals surface area contributed by atoms with Crippen molar-refractivity contribution < 1.29 is 14.3 Å². The number of benzene rings is 3. The summed E-state index contributed by atoms with van der Waals surface area (Å²) in [7, 11) is 3.38. The SMILES string of the molecule is COc1ccccc1C(=O)N1CCN(C)C(=O)C(Cc2ccccc2-c2ccccc2)C1. The van der Waals surface area contributed by atoms with Gasteiger partial charge in [0.05, 0.1) is 18.6 Å². The molecule has 2 amide bonds. The molecule has 0 spiro atoms. The highest BCUT2D eigenvalue weighted by atomic mass is 16.5. The number of ether oxygens (including phenoxy) is 1. The van der Waals surface area contributed by atoms with Gasteiger partial charge in [0.1, 0.15) is 5.75 Å². The van der Waals surface area contributed by atoms with Crippen molar-refractivity contribution in [2.45, 2.75) is 6.42 Å². The predicted octanol–water partition coefficient (Wildman–Crippen LogP) is 4.14. The van der Waals surface area contributed by atoms with Gasteiger partial charge in [0.15, 0.2) is 0 Å². The van der Waals surface area contributed by atoms with E-state index < -0.39 is 0 Å². The Morgan fingerprint density at radius 2 is 1.62 bits per heavy atom. The summed E-state index contributed by atoms with van der Waals surface area (Å²) < 4.78 is 5.39. The summed E-state index contributed by atoms with van der Waals surface area (Å²) in [5.74, 6) is 0.202. The van der Waals surface area contributed by atoms with Gasteiger partial charge in [-0.25, -0.2) is 0 Å². The smallest absolute Gasteiger partial charge is 0.257 e. The zero-order chi connectivity index (χ0) is 22.5. The van der Waals surface area contributed by atoms with E-state index in [1.807, 2.05) is 49.5 Å². The maximum atomic E-state index is 13.3. The van der Waals surface area contributed by atoms with Crippen molar-refractivity contribution in [2.24, 2.45) is 5.92 Å². The predicted molar refractivity (Wildman–Crippen MR) is 126 cm³/mol. The number of likely N-dealkylation sites (N-methyl/N-ethyl adjacent to an activating group) is 1. The minimum atomic E-state index is -0.314. The average molecular weight is 429 g/mol. The Kier molecular flexibility index (Phi) is 6.55. The van der Waals surface area contributed by atoms with E-state index in [-0.39, 0.29) is 17.7 Å². The Morgan fingerprint density at radius 1 is 0.938 bits per heavy atom. The van der Waals surface area contributed by atoms with E-state index in [0.29, 0.717) is 37.4 Å². The van der Waals surface area contributed by atoms with Crippen LogP contribution in [0.4, 0.5) is 0 Å². The van der Waals surface area contributed by atoms with Gasteiger partial charge >= 0.3 is 0 Å². The van der Waals surface area contributed by atoms with Gasteiger partial charge < -0.3 is 14.5 Å². The van der Waals surface area contributed by atoms with Crippen LogP contribution in [-0.4, -0.2) is 55.4 Å². The molecule has 0 N–H and O–H groups in total.